The van der Waals surface area contributed by atoms with Crippen LogP contribution in [0.4, 0.5) is 0 Å². The van der Waals surface area contributed by atoms with Crippen molar-refractivity contribution in [3.8, 4) is 0 Å². The molecule has 1 saturated carbocycles. The van der Waals surface area contributed by atoms with Gasteiger partial charge in [0.2, 0.25) is 10.0 Å². The van der Waals surface area contributed by atoms with Crippen molar-refractivity contribution in [3.63, 3.8) is 0 Å². The summed E-state index contributed by atoms with van der Waals surface area (Å²) in [5, 5.41) is 7.76. The Morgan fingerprint density at radius 2 is 2.06 bits per heavy atom. The summed E-state index contributed by atoms with van der Waals surface area (Å²) in [6, 6.07) is 4.21. The van der Waals surface area contributed by atoms with Gasteiger partial charge in [0, 0.05) is 11.6 Å². The highest BCUT2D eigenvalue weighted by Gasteiger charge is 2.24. The van der Waals surface area contributed by atoms with Crippen LogP contribution in [0.3, 0.4) is 0 Å². The number of nitrogens with one attached hydrogen (secondary N) is 1. The van der Waals surface area contributed by atoms with Gasteiger partial charge in [0.25, 0.3) is 5.91 Å². The summed E-state index contributed by atoms with van der Waals surface area (Å²) >= 11 is 5.71. The predicted octanol–water partition coefficient (Wildman–Crippen LogP) is 0.880. The highest BCUT2D eigenvalue weighted by Crippen LogP contribution is 2.23. The summed E-state index contributed by atoms with van der Waals surface area (Å²) in [6.07, 6.45) is 1.92. The fourth-order valence-corrected chi connectivity index (χ4v) is 2.43. The third kappa shape index (κ3) is 2.96. The average Bonchev–Trinajstić information content (AvgIpc) is 3.00. The second kappa shape index (κ2) is 4.29. The van der Waals surface area contributed by atoms with Crippen molar-refractivity contribution in [1.82, 2.24) is 5.32 Å². The van der Waals surface area contributed by atoms with E-state index in [9.17, 15) is 13.2 Å². The summed E-state index contributed by atoms with van der Waals surface area (Å²) in [6.45, 7) is 0. The number of hydrogen-bond acceptors (Lipinski definition) is 3. The highest BCUT2D eigenvalue weighted by atomic mass is 35.5. The molecule has 0 unspecified atom stereocenters. The first-order valence-electron chi connectivity index (χ1n) is 5.01. The van der Waals surface area contributed by atoms with E-state index in [1.54, 1.807) is 0 Å². The van der Waals surface area contributed by atoms with Gasteiger partial charge in [-0.05, 0) is 31.0 Å². The van der Waals surface area contributed by atoms with Gasteiger partial charge in [0.1, 0.15) is 4.90 Å². The largest absolute Gasteiger partial charge is 0.349 e. The quantitative estimate of drug-likeness (QED) is 0.857. The Kier molecular flexibility index (Phi) is 3.11. The van der Waals surface area contributed by atoms with Crippen LogP contribution in [0.15, 0.2) is 23.1 Å². The summed E-state index contributed by atoms with van der Waals surface area (Å²) < 4.78 is 22.4. The van der Waals surface area contributed by atoms with Crippen LogP contribution >= 0.6 is 11.6 Å². The molecular weight excluding hydrogens is 264 g/mol. The van der Waals surface area contributed by atoms with Crippen LogP contribution in [0, 0.1) is 0 Å². The van der Waals surface area contributed by atoms with Crippen molar-refractivity contribution in [1.29, 1.82) is 0 Å². The van der Waals surface area contributed by atoms with E-state index < -0.39 is 10.0 Å². The lowest BCUT2D eigenvalue weighted by Crippen LogP contribution is -2.25. The molecule has 1 aliphatic carbocycles. The van der Waals surface area contributed by atoms with Crippen LogP contribution in [0.1, 0.15) is 23.2 Å². The molecular formula is C10H11ClN2O3S. The standard InChI is InChI=1S/C10H11ClN2O3S/c11-8-4-1-6(5-9(8)17(12,15)16)10(14)13-7-2-3-7/h1,4-5,7H,2-3H2,(H,13,14)(H2,12,15,16). The van der Waals surface area contributed by atoms with Crippen molar-refractivity contribution in [2.24, 2.45) is 5.14 Å². The van der Waals surface area contributed by atoms with Gasteiger partial charge in [0.15, 0.2) is 0 Å². The molecule has 3 N–H and O–H groups in total. The Bertz CT molecular complexity index is 567. The van der Waals surface area contributed by atoms with Gasteiger partial charge in [-0.3, -0.25) is 4.79 Å². The molecule has 0 bridgehead atoms. The number of sulfonamides is 1. The molecule has 92 valence electrons. The van der Waals surface area contributed by atoms with E-state index in [1.165, 1.54) is 18.2 Å². The maximum atomic E-state index is 11.7. The van der Waals surface area contributed by atoms with E-state index >= 15 is 0 Å². The lowest BCUT2D eigenvalue weighted by molar-refractivity contribution is 0.0951. The molecule has 5 nitrogen and oxygen atoms in total. The van der Waals surface area contributed by atoms with Crippen LogP contribution in [0.2, 0.25) is 5.02 Å². The van der Waals surface area contributed by atoms with Crippen molar-refractivity contribution >= 4 is 27.5 Å². The molecule has 1 aromatic rings. The molecule has 17 heavy (non-hydrogen) atoms. The number of carbonyl (C=O) groups is 1. The third-order valence-corrected chi connectivity index (χ3v) is 3.80. The average molecular weight is 275 g/mol. The SMILES string of the molecule is NS(=O)(=O)c1cc(C(=O)NC2CC2)ccc1Cl. The van der Waals surface area contributed by atoms with Gasteiger partial charge in [0.05, 0.1) is 5.02 Å². The Hall–Kier alpha value is -1.11. The summed E-state index contributed by atoms with van der Waals surface area (Å²) in [4.78, 5) is 11.5. The number of hydrogen-bond donors (Lipinski definition) is 2. The van der Waals surface area contributed by atoms with Gasteiger partial charge in [-0.15, -0.1) is 0 Å². The van der Waals surface area contributed by atoms with Crippen molar-refractivity contribution in [2.45, 2.75) is 23.8 Å². The molecule has 0 atom stereocenters. The number of benzene rings is 1. The zero-order chi connectivity index (χ0) is 12.6. The normalized spacial score (nSPS) is 15.6. The fraction of sp³-hybridized carbons (Fsp3) is 0.300. The first kappa shape index (κ1) is 12.3. The summed E-state index contributed by atoms with van der Waals surface area (Å²) in [5.41, 5.74) is 0.241. The number of rotatable bonds is 3. The number of carbonyl (C=O) groups excluding carboxylic acids is 1. The number of amides is 1. The number of halogens is 1. The zero-order valence-corrected chi connectivity index (χ0v) is 10.4. The molecule has 0 saturated heterocycles. The van der Waals surface area contributed by atoms with Gasteiger partial charge >= 0.3 is 0 Å². The van der Waals surface area contributed by atoms with E-state index in [-0.39, 0.29) is 27.4 Å². The molecule has 0 aliphatic heterocycles. The zero-order valence-electron chi connectivity index (χ0n) is 8.81. The molecule has 0 spiro atoms. The lowest BCUT2D eigenvalue weighted by Gasteiger charge is -2.06. The minimum absolute atomic E-state index is 0.00970. The first-order valence-corrected chi connectivity index (χ1v) is 6.93. The number of primary sulfonamides is 1. The Morgan fingerprint density at radius 1 is 1.41 bits per heavy atom. The minimum Gasteiger partial charge on any atom is -0.349 e. The molecule has 1 fully saturated rings. The minimum atomic E-state index is -3.91. The van der Waals surface area contributed by atoms with Gasteiger partial charge < -0.3 is 5.32 Å². The molecule has 1 amide bonds. The van der Waals surface area contributed by atoms with Crippen LogP contribution in [-0.2, 0) is 10.0 Å². The predicted molar refractivity (Wildman–Crippen MR) is 63.3 cm³/mol. The molecule has 0 radical (unpaired) electrons. The highest BCUT2D eigenvalue weighted by molar-refractivity contribution is 7.89. The Labute approximate surface area is 104 Å². The Morgan fingerprint density at radius 3 is 2.59 bits per heavy atom. The monoisotopic (exact) mass is 274 g/mol. The van der Waals surface area contributed by atoms with Crippen LogP contribution < -0.4 is 10.5 Å². The maximum absolute atomic E-state index is 11.7. The van der Waals surface area contributed by atoms with E-state index in [0.717, 1.165) is 12.8 Å². The topological polar surface area (TPSA) is 89.3 Å². The summed E-state index contributed by atoms with van der Waals surface area (Å²) in [7, 11) is -3.91. The molecule has 7 heteroatoms. The van der Waals surface area contributed by atoms with Gasteiger partial charge in [-0.1, -0.05) is 11.6 Å². The molecule has 1 aliphatic rings. The first-order chi connectivity index (χ1) is 7.88. The lowest BCUT2D eigenvalue weighted by atomic mass is 10.2. The van der Waals surface area contributed by atoms with Crippen LogP contribution in [0.5, 0.6) is 0 Å². The van der Waals surface area contributed by atoms with Gasteiger partial charge in [-0.2, -0.15) is 0 Å². The van der Waals surface area contributed by atoms with Crippen molar-refractivity contribution < 1.29 is 13.2 Å². The van der Waals surface area contributed by atoms with E-state index in [0.29, 0.717) is 0 Å². The fourth-order valence-electron chi connectivity index (χ4n) is 1.36. The van der Waals surface area contributed by atoms with Crippen LogP contribution in [0.25, 0.3) is 0 Å². The molecule has 2 rings (SSSR count). The van der Waals surface area contributed by atoms with Gasteiger partial charge in [-0.25, -0.2) is 13.6 Å². The molecule has 1 aromatic carbocycles. The maximum Gasteiger partial charge on any atom is 0.251 e. The summed E-state index contributed by atoms with van der Waals surface area (Å²) in [5.74, 6) is -0.311. The van der Waals surface area contributed by atoms with Crippen LogP contribution in [-0.4, -0.2) is 20.4 Å². The second-order valence-corrected chi connectivity index (χ2v) is 5.87. The van der Waals surface area contributed by atoms with Crippen molar-refractivity contribution in [2.75, 3.05) is 0 Å². The number of nitrogens with two attached hydrogens (primary N) is 1. The van der Waals surface area contributed by atoms with E-state index in [4.69, 9.17) is 16.7 Å². The third-order valence-electron chi connectivity index (χ3n) is 2.41. The molecule has 0 aromatic heterocycles. The van der Waals surface area contributed by atoms with E-state index in [2.05, 4.69) is 5.32 Å². The molecule has 0 heterocycles. The second-order valence-electron chi connectivity index (χ2n) is 3.94. The van der Waals surface area contributed by atoms with Crippen molar-refractivity contribution in [3.05, 3.63) is 28.8 Å². The van der Waals surface area contributed by atoms with E-state index in [1.807, 2.05) is 0 Å². The smallest absolute Gasteiger partial charge is 0.251 e. The Balaban J connectivity index is 2.33.